The lowest BCUT2D eigenvalue weighted by Gasteiger charge is -2.28. The molecule has 1 aromatic rings. The molecule has 1 aromatic heterocycles. The maximum Gasteiger partial charge on any atom is 0.408 e. The van der Waals surface area contributed by atoms with Crippen LogP contribution in [0.5, 0.6) is 5.75 Å². The van der Waals surface area contributed by atoms with Gasteiger partial charge in [0.1, 0.15) is 12.2 Å². The van der Waals surface area contributed by atoms with Gasteiger partial charge in [-0.1, -0.05) is 23.2 Å². The molecule has 0 unspecified atom stereocenters. The highest BCUT2D eigenvalue weighted by molar-refractivity contribution is 6.37. The van der Waals surface area contributed by atoms with Crippen molar-refractivity contribution in [3.8, 4) is 5.75 Å². The zero-order chi connectivity index (χ0) is 17.1. The summed E-state index contributed by atoms with van der Waals surface area (Å²) in [7, 11) is 0. The zero-order valence-electron chi connectivity index (χ0n) is 13.0. The molecule has 0 aliphatic rings. The molecule has 1 rings (SSSR count). The Kier molecular flexibility index (Phi) is 6.12. The van der Waals surface area contributed by atoms with Crippen LogP contribution in [-0.2, 0) is 4.74 Å². The van der Waals surface area contributed by atoms with Crippen molar-refractivity contribution >= 4 is 40.9 Å². The normalized spacial score (nSPS) is 12.0. The van der Waals surface area contributed by atoms with Crippen molar-refractivity contribution in [3.63, 3.8) is 0 Å². The molecule has 1 N–H and O–H groups in total. The molecule has 0 saturated carbocycles. The second-order valence-electron chi connectivity index (χ2n) is 6.20. The van der Waals surface area contributed by atoms with Gasteiger partial charge in [-0.05, 0) is 46.2 Å². The van der Waals surface area contributed by atoms with E-state index in [-0.39, 0.29) is 27.9 Å². The molecule has 0 saturated heterocycles. The van der Waals surface area contributed by atoms with E-state index in [0.29, 0.717) is 0 Å². The van der Waals surface area contributed by atoms with Crippen molar-refractivity contribution in [2.24, 2.45) is 0 Å². The summed E-state index contributed by atoms with van der Waals surface area (Å²) in [6.07, 6.45) is -0.550. The monoisotopic (exact) mass is 369 g/mol. The summed E-state index contributed by atoms with van der Waals surface area (Å²) in [5.74, 6) is 0.104. The van der Waals surface area contributed by atoms with Crippen molar-refractivity contribution in [2.45, 2.75) is 45.8 Å². The molecule has 0 aliphatic heterocycles. The molecule has 1 heterocycles. The number of halogens is 3. The highest BCUT2D eigenvalue weighted by Crippen LogP contribution is 2.31. The lowest BCUT2D eigenvalue weighted by Crippen LogP contribution is -2.49. The minimum Gasteiger partial charge on any atom is -0.485 e. The van der Waals surface area contributed by atoms with E-state index in [1.807, 2.05) is 0 Å². The molecule has 6 nitrogen and oxygen atoms in total. The molecule has 0 fully saturated rings. The molecule has 0 aromatic carbocycles. The SMILES string of the molecule is CC(C)(COc1c(Cl)nc(Cl)nc1Cl)NC(=O)OC(C)(C)C. The number of carbonyl (C=O) groups excluding carboxylic acids is 1. The summed E-state index contributed by atoms with van der Waals surface area (Å²) < 4.78 is 10.7. The molecule has 0 spiro atoms. The first-order valence-electron chi connectivity index (χ1n) is 6.42. The Labute approximate surface area is 144 Å². The highest BCUT2D eigenvalue weighted by Gasteiger charge is 2.26. The van der Waals surface area contributed by atoms with Crippen molar-refractivity contribution in [1.82, 2.24) is 15.3 Å². The van der Waals surface area contributed by atoms with Crippen LogP contribution in [0.15, 0.2) is 0 Å². The van der Waals surface area contributed by atoms with E-state index in [1.54, 1.807) is 34.6 Å². The van der Waals surface area contributed by atoms with E-state index in [1.165, 1.54) is 0 Å². The maximum atomic E-state index is 11.8. The number of aromatic nitrogens is 2. The number of amides is 1. The fraction of sp³-hybridized carbons (Fsp3) is 0.615. The minimum atomic E-state index is -0.728. The van der Waals surface area contributed by atoms with E-state index in [0.717, 1.165) is 0 Å². The molecular formula is C13H18Cl3N3O3. The van der Waals surface area contributed by atoms with Gasteiger partial charge in [0.25, 0.3) is 0 Å². The largest absolute Gasteiger partial charge is 0.485 e. The fourth-order valence-corrected chi connectivity index (χ4v) is 2.11. The molecular weight excluding hydrogens is 353 g/mol. The van der Waals surface area contributed by atoms with Gasteiger partial charge in [-0.15, -0.1) is 0 Å². The first-order chi connectivity index (χ1) is 9.89. The summed E-state index contributed by atoms with van der Waals surface area (Å²) in [5, 5.41) is 2.62. The summed E-state index contributed by atoms with van der Waals surface area (Å²) in [6, 6.07) is 0. The Morgan fingerprint density at radius 2 is 1.59 bits per heavy atom. The van der Waals surface area contributed by atoms with Gasteiger partial charge in [0, 0.05) is 0 Å². The van der Waals surface area contributed by atoms with Crippen LogP contribution in [0.2, 0.25) is 15.6 Å². The predicted molar refractivity (Wildman–Crippen MR) is 86.0 cm³/mol. The van der Waals surface area contributed by atoms with Crippen LogP contribution < -0.4 is 10.1 Å². The summed E-state index contributed by atoms with van der Waals surface area (Å²) in [6.45, 7) is 8.93. The van der Waals surface area contributed by atoms with Crippen LogP contribution in [0.25, 0.3) is 0 Å². The molecule has 0 bridgehead atoms. The third-order valence-electron chi connectivity index (χ3n) is 2.17. The summed E-state index contributed by atoms with van der Waals surface area (Å²) in [5.41, 5.74) is -1.31. The number of alkyl carbamates (subject to hydrolysis) is 1. The molecule has 0 radical (unpaired) electrons. The van der Waals surface area contributed by atoms with Gasteiger partial charge in [0.15, 0.2) is 16.1 Å². The van der Waals surface area contributed by atoms with Gasteiger partial charge >= 0.3 is 6.09 Å². The van der Waals surface area contributed by atoms with E-state index in [9.17, 15) is 4.79 Å². The Bertz CT molecular complexity index is 536. The van der Waals surface area contributed by atoms with Crippen LogP contribution >= 0.6 is 34.8 Å². The van der Waals surface area contributed by atoms with Gasteiger partial charge in [0.2, 0.25) is 5.28 Å². The van der Waals surface area contributed by atoms with Gasteiger partial charge in [-0.3, -0.25) is 0 Å². The number of hydrogen-bond acceptors (Lipinski definition) is 5. The topological polar surface area (TPSA) is 73.3 Å². The molecule has 0 aliphatic carbocycles. The number of rotatable bonds is 4. The number of nitrogens with zero attached hydrogens (tertiary/aromatic N) is 2. The van der Waals surface area contributed by atoms with Crippen LogP contribution in [0.4, 0.5) is 4.79 Å². The summed E-state index contributed by atoms with van der Waals surface area (Å²) >= 11 is 17.4. The second-order valence-corrected chi connectivity index (χ2v) is 7.26. The lowest BCUT2D eigenvalue weighted by molar-refractivity contribution is 0.0441. The molecule has 0 atom stereocenters. The number of ether oxygens (including phenoxy) is 2. The van der Waals surface area contributed by atoms with E-state index in [2.05, 4.69) is 15.3 Å². The minimum absolute atomic E-state index is 0.00179. The molecule has 124 valence electrons. The van der Waals surface area contributed by atoms with Crippen LogP contribution in [0.3, 0.4) is 0 Å². The van der Waals surface area contributed by atoms with Gasteiger partial charge in [-0.2, -0.15) is 0 Å². The standard InChI is InChI=1S/C13H18Cl3N3O3/c1-12(2,3)22-11(20)19-13(4,5)6-21-7-8(14)17-10(16)18-9(7)15/h6H2,1-5H3,(H,19,20). The van der Waals surface area contributed by atoms with Crippen molar-refractivity contribution < 1.29 is 14.3 Å². The van der Waals surface area contributed by atoms with Gasteiger partial charge in [-0.25, -0.2) is 14.8 Å². The summed E-state index contributed by atoms with van der Waals surface area (Å²) in [4.78, 5) is 19.3. The maximum absolute atomic E-state index is 11.8. The third kappa shape index (κ3) is 6.42. The molecule has 22 heavy (non-hydrogen) atoms. The number of hydrogen-bond donors (Lipinski definition) is 1. The smallest absolute Gasteiger partial charge is 0.408 e. The van der Waals surface area contributed by atoms with Gasteiger partial charge < -0.3 is 14.8 Å². The Morgan fingerprint density at radius 1 is 1.09 bits per heavy atom. The van der Waals surface area contributed by atoms with E-state index in [4.69, 9.17) is 44.3 Å². The first kappa shape index (κ1) is 19.1. The molecule has 1 amide bonds. The van der Waals surface area contributed by atoms with E-state index < -0.39 is 17.2 Å². The fourth-order valence-electron chi connectivity index (χ4n) is 1.36. The predicted octanol–water partition coefficient (Wildman–Crippen LogP) is 4.12. The van der Waals surface area contributed by atoms with Crippen molar-refractivity contribution in [1.29, 1.82) is 0 Å². The average Bonchev–Trinajstić information content (AvgIpc) is 2.22. The average molecular weight is 371 g/mol. The number of nitrogens with one attached hydrogen (secondary N) is 1. The van der Waals surface area contributed by atoms with Crippen molar-refractivity contribution in [2.75, 3.05) is 6.61 Å². The van der Waals surface area contributed by atoms with Crippen LogP contribution in [0, 0.1) is 0 Å². The van der Waals surface area contributed by atoms with Crippen LogP contribution in [-0.4, -0.2) is 33.8 Å². The quantitative estimate of drug-likeness (QED) is 0.637. The first-order valence-corrected chi connectivity index (χ1v) is 7.55. The van der Waals surface area contributed by atoms with Crippen molar-refractivity contribution in [3.05, 3.63) is 15.6 Å². The number of carbonyl (C=O) groups is 1. The Hall–Kier alpha value is -0.980. The second kappa shape index (κ2) is 7.06. The lowest BCUT2D eigenvalue weighted by atomic mass is 10.1. The third-order valence-corrected chi connectivity index (χ3v) is 2.85. The Morgan fingerprint density at radius 3 is 2.05 bits per heavy atom. The van der Waals surface area contributed by atoms with Crippen LogP contribution in [0.1, 0.15) is 34.6 Å². The Balaban J connectivity index is 2.68. The van der Waals surface area contributed by atoms with Gasteiger partial charge in [0.05, 0.1) is 5.54 Å². The highest BCUT2D eigenvalue weighted by atomic mass is 35.5. The zero-order valence-corrected chi connectivity index (χ0v) is 15.2. The molecule has 9 heteroatoms. The van der Waals surface area contributed by atoms with E-state index >= 15 is 0 Å².